The molecular formula is C27H31FN4O5. The number of rotatable bonds is 8. The van der Waals surface area contributed by atoms with Crippen molar-refractivity contribution < 1.29 is 28.9 Å². The van der Waals surface area contributed by atoms with Crippen molar-refractivity contribution in [3.05, 3.63) is 59.0 Å². The number of nitrogens with one attached hydrogen (secondary N) is 1. The van der Waals surface area contributed by atoms with Crippen LogP contribution in [0.5, 0.6) is 11.5 Å². The quantitative estimate of drug-likeness (QED) is 0.402. The average Bonchev–Trinajstić information content (AvgIpc) is 3.30. The topological polar surface area (TPSA) is 109 Å². The summed E-state index contributed by atoms with van der Waals surface area (Å²) in [5.41, 5.74) is 1.45. The number of halogens is 1. The number of aliphatic hydroxyl groups is 1. The van der Waals surface area contributed by atoms with E-state index < -0.39 is 23.4 Å². The second kappa shape index (κ2) is 9.35. The van der Waals surface area contributed by atoms with Crippen LogP contribution in [0.25, 0.3) is 10.9 Å². The van der Waals surface area contributed by atoms with Gasteiger partial charge in [-0.25, -0.2) is 9.18 Å². The lowest BCUT2D eigenvalue weighted by molar-refractivity contribution is -0.133. The number of carbonyl (C=O) groups excluding carboxylic acids is 2. The number of aromatic nitrogens is 1. The maximum absolute atomic E-state index is 14.5. The molecule has 1 fully saturated rings. The normalized spacial score (nSPS) is 21.2. The van der Waals surface area contributed by atoms with Crippen molar-refractivity contribution in [2.45, 2.75) is 31.8 Å². The first kappa shape index (κ1) is 25.0. The number of aliphatic hydroxyl groups excluding tert-OH is 1. The molecule has 3 N–H and O–H groups in total. The molecule has 1 saturated heterocycles. The number of phenolic OH excluding ortho intramolecular Hbond substituents is 1. The summed E-state index contributed by atoms with van der Waals surface area (Å²) in [5, 5.41) is 20.3. The van der Waals surface area contributed by atoms with Crippen molar-refractivity contribution in [3.63, 3.8) is 0 Å². The highest BCUT2D eigenvalue weighted by Gasteiger charge is 2.60. The Morgan fingerprint density at radius 1 is 1.24 bits per heavy atom. The Morgan fingerprint density at radius 3 is 2.70 bits per heavy atom. The second-order valence-electron chi connectivity index (χ2n) is 9.76. The van der Waals surface area contributed by atoms with Crippen molar-refractivity contribution in [1.29, 1.82) is 0 Å². The van der Waals surface area contributed by atoms with Crippen LogP contribution in [-0.2, 0) is 11.2 Å². The highest BCUT2D eigenvalue weighted by atomic mass is 19.1. The molecule has 9 nitrogen and oxygen atoms in total. The number of H-pyrrole nitrogens is 1. The van der Waals surface area contributed by atoms with Gasteiger partial charge in [-0.2, -0.15) is 0 Å². The van der Waals surface area contributed by atoms with Crippen molar-refractivity contribution in [3.8, 4) is 11.5 Å². The van der Waals surface area contributed by atoms with Gasteiger partial charge in [-0.05, 0) is 42.8 Å². The molecule has 3 heterocycles. The van der Waals surface area contributed by atoms with Gasteiger partial charge in [0, 0.05) is 48.7 Å². The lowest BCUT2D eigenvalue weighted by Crippen LogP contribution is -2.53. The number of phenols is 1. The summed E-state index contributed by atoms with van der Waals surface area (Å²) in [7, 11) is 1.40. The fourth-order valence-electron chi connectivity index (χ4n) is 5.72. The van der Waals surface area contributed by atoms with Crippen LogP contribution in [-0.4, -0.2) is 87.3 Å². The maximum Gasteiger partial charge on any atom is 0.328 e. The van der Waals surface area contributed by atoms with Gasteiger partial charge in [0.1, 0.15) is 17.3 Å². The largest absolute Gasteiger partial charge is 0.508 e. The summed E-state index contributed by atoms with van der Waals surface area (Å²) in [4.78, 5) is 35.9. The molecule has 2 aromatic carbocycles. The minimum Gasteiger partial charge on any atom is -0.508 e. The number of nitrogens with zero attached hydrogens (tertiary/aromatic N) is 3. The van der Waals surface area contributed by atoms with E-state index in [1.54, 1.807) is 42.2 Å². The predicted octanol–water partition coefficient (Wildman–Crippen LogP) is 3.00. The maximum atomic E-state index is 14.5. The number of likely N-dealkylation sites (N-methyl/N-ethyl adjacent to an activating group) is 1. The van der Waals surface area contributed by atoms with E-state index in [4.69, 9.17) is 4.74 Å². The SMILES string of the molecule is CCN(CCO)CCN1C(=O)N2C(c3cccc(O)c3)c3[nH]c4cc(F)c(OC)cc4c3C[C@@]2(C)C1=O. The number of carbonyl (C=O) groups is 2. The Bertz CT molecular complexity index is 1370. The molecule has 2 aliphatic heterocycles. The zero-order valence-electron chi connectivity index (χ0n) is 21.1. The molecule has 2 aliphatic rings. The van der Waals surface area contributed by atoms with E-state index >= 15 is 0 Å². The van der Waals surface area contributed by atoms with Crippen molar-refractivity contribution >= 4 is 22.8 Å². The molecule has 0 bridgehead atoms. The third-order valence-electron chi connectivity index (χ3n) is 7.63. The van der Waals surface area contributed by atoms with Gasteiger partial charge < -0.3 is 19.9 Å². The number of imide groups is 1. The number of hydrogen-bond donors (Lipinski definition) is 3. The predicted molar refractivity (Wildman–Crippen MR) is 135 cm³/mol. The molecule has 1 unspecified atom stereocenters. The molecule has 3 amide bonds. The van der Waals surface area contributed by atoms with Crippen LogP contribution in [0.1, 0.15) is 36.7 Å². The molecule has 37 heavy (non-hydrogen) atoms. The third-order valence-corrected chi connectivity index (χ3v) is 7.63. The van der Waals surface area contributed by atoms with E-state index in [2.05, 4.69) is 4.98 Å². The van der Waals surface area contributed by atoms with E-state index in [0.717, 1.165) is 10.9 Å². The Hall–Kier alpha value is -3.63. The lowest BCUT2D eigenvalue weighted by Gasteiger charge is -2.42. The van der Waals surface area contributed by atoms with Gasteiger partial charge in [-0.3, -0.25) is 19.5 Å². The van der Waals surface area contributed by atoms with E-state index in [9.17, 15) is 24.2 Å². The van der Waals surface area contributed by atoms with Gasteiger partial charge in [0.05, 0.1) is 13.7 Å². The van der Waals surface area contributed by atoms with Crippen molar-refractivity contribution in [1.82, 2.24) is 19.7 Å². The molecule has 3 aromatic rings. The fraction of sp³-hybridized carbons (Fsp3) is 0.407. The van der Waals surface area contributed by atoms with Crippen molar-refractivity contribution in [2.75, 3.05) is 39.9 Å². The van der Waals surface area contributed by atoms with Crippen LogP contribution in [0, 0.1) is 5.82 Å². The summed E-state index contributed by atoms with van der Waals surface area (Å²) in [5.74, 6) is -0.699. The van der Waals surface area contributed by atoms with Crippen LogP contribution in [0.2, 0.25) is 0 Å². The van der Waals surface area contributed by atoms with Crippen LogP contribution >= 0.6 is 0 Å². The minimum atomic E-state index is -1.19. The first-order valence-electron chi connectivity index (χ1n) is 12.4. The number of benzene rings is 2. The number of fused-ring (bicyclic) bond motifs is 4. The number of methoxy groups -OCH3 is 1. The van der Waals surface area contributed by atoms with Crippen LogP contribution < -0.4 is 4.74 Å². The molecule has 1 aromatic heterocycles. The van der Waals surface area contributed by atoms with Gasteiger partial charge in [0.15, 0.2) is 11.6 Å². The lowest BCUT2D eigenvalue weighted by atomic mass is 9.81. The zero-order valence-corrected chi connectivity index (χ0v) is 21.1. The molecule has 0 saturated carbocycles. The Balaban J connectivity index is 1.64. The first-order chi connectivity index (χ1) is 17.7. The number of ether oxygens (including phenoxy) is 1. The summed E-state index contributed by atoms with van der Waals surface area (Å²) >= 11 is 0. The van der Waals surface area contributed by atoms with E-state index in [0.29, 0.717) is 36.4 Å². The molecule has 5 rings (SSSR count). The monoisotopic (exact) mass is 510 g/mol. The first-order valence-corrected chi connectivity index (χ1v) is 12.4. The smallest absolute Gasteiger partial charge is 0.328 e. The van der Waals surface area contributed by atoms with Crippen LogP contribution in [0.3, 0.4) is 0 Å². The number of hydrogen-bond acceptors (Lipinski definition) is 6. The molecule has 0 radical (unpaired) electrons. The van der Waals surface area contributed by atoms with Crippen LogP contribution in [0.15, 0.2) is 36.4 Å². The summed E-state index contributed by atoms with van der Waals surface area (Å²) in [6.07, 6.45) is 0.238. The summed E-state index contributed by atoms with van der Waals surface area (Å²) < 4.78 is 19.8. The third kappa shape index (κ3) is 3.91. The second-order valence-corrected chi connectivity index (χ2v) is 9.76. The number of amides is 3. The number of urea groups is 1. The summed E-state index contributed by atoms with van der Waals surface area (Å²) in [6.45, 7) is 5.48. The van der Waals surface area contributed by atoms with Gasteiger partial charge in [-0.1, -0.05) is 19.1 Å². The van der Waals surface area contributed by atoms with Gasteiger partial charge >= 0.3 is 6.03 Å². The highest BCUT2D eigenvalue weighted by molar-refractivity contribution is 6.08. The van der Waals surface area contributed by atoms with Crippen LogP contribution in [0.4, 0.5) is 9.18 Å². The van der Waals surface area contributed by atoms with Crippen molar-refractivity contribution in [2.24, 2.45) is 0 Å². The number of aromatic amines is 1. The highest BCUT2D eigenvalue weighted by Crippen LogP contribution is 2.49. The Morgan fingerprint density at radius 2 is 2.03 bits per heavy atom. The van der Waals surface area contributed by atoms with Gasteiger partial charge in [0.25, 0.3) is 5.91 Å². The van der Waals surface area contributed by atoms with E-state index in [1.165, 1.54) is 18.1 Å². The Kier molecular flexibility index (Phi) is 6.33. The fourth-order valence-corrected chi connectivity index (χ4v) is 5.72. The van der Waals surface area contributed by atoms with Gasteiger partial charge in [0.2, 0.25) is 0 Å². The molecule has 10 heteroatoms. The molecule has 196 valence electrons. The minimum absolute atomic E-state index is 0.00901. The molecule has 2 atom stereocenters. The Labute approximate surface area is 214 Å². The average molecular weight is 511 g/mol. The van der Waals surface area contributed by atoms with E-state index in [1.807, 2.05) is 11.8 Å². The molecule has 0 spiro atoms. The van der Waals surface area contributed by atoms with Gasteiger partial charge in [-0.15, -0.1) is 0 Å². The van der Waals surface area contributed by atoms with E-state index in [-0.39, 0.29) is 37.0 Å². The zero-order chi connectivity index (χ0) is 26.5. The standard InChI is InChI=1S/C27H31FN4O5/c1-4-30(10-11-33)8-9-31-25(35)27(2)15-19-18-13-22(37-3)20(28)14-21(18)29-23(19)24(32(27)26(31)36)16-6-5-7-17(34)12-16/h5-7,12-14,24,29,33-34H,4,8-11,15H2,1-3H3/t24?,27-/m0/s1. The molecule has 0 aliphatic carbocycles. The molecular weight excluding hydrogens is 479 g/mol. The number of aromatic hydroxyl groups is 1. The summed E-state index contributed by atoms with van der Waals surface area (Å²) in [6, 6.07) is 8.46.